The Kier molecular flexibility index (Phi) is 8.20. The molecule has 1 N–H and O–H groups in total. The molecule has 0 bridgehead atoms. The summed E-state index contributed by atoms with van der Waals surface area (Å²) in [6, 6.07) is 20.2. The van der Waals surface area contributed by atoms with Crippen LogP contribution in [0.4, 0.5) is 10.1 Å². The predicted octanol–water partition coefficient (Wildman–Crippen LogP) is 4.63. The van der Waals surface area contributed by atoms with Crippen LogP contribution in [-0.2, 0) is 26.3 Å². The minimum atomic E-state index is -3.76. The lowest BCUT2D eigenvalue weighted by Crippen LogP contribution is -2.51. The summed E-state index contributed by atoms with van der Waals surface area (Å²) in [6.07, 6.45) is -0.999. The van der Waals surface area contributed by atoms with Gasteiger partial charge < -0.3 is 10.1 Å². The summed E-state index contributed by atoms with van der Waals surface area (Å²) in [6.45, 7) is 0.184. The summed E-state index contributed by atoms with van der Waals surface area (Å²) in [5, 5.41) is 3.16. The number of rotatable bonds is 9. The number of anilines is 1. The van der Waals surface area contributed by atoms with Gasteiger partial charge in [0.25, 0.3) is 5.91 Å². The topological polar surface area (TPSA) is 75.7 Å². The van der Waals surface area contributed by atoms with Crippen LogP contribution in [0.1, 0.15) is 11.1 Å². The molecule has 4 rings (SSSR count). The minimum Gasteiger partial charge on any atom is -0.476 e. The third kappa shape index (κ3) is 6.28. The van der Waals surface area contributed by atoms with E-state index in [1.807, 2.05) is 6.07 Å². The van der Waals surface area contributed by atoms with Gasteiger partial charge >= 0.3 is 0 Å². The second kappa shape index (κ2) is 11.3. The largest absolute Gasteiger partial charge is 0.476 e. The number of amides is 1. The second-order valence-corrected chi connectivity index (χ2v) is 11.3. The van der Waals surface area contributed by atoms with Crippen molar-refractivity contribution >= 4 is 45.0 Å². The highest BCUT2D eigenvalue weighted by Gasteiger charge is 2.36. The molecular weight excluding hydrogens is 511 g/mol. The zero-order chi connectivity index (χ0) is 24.8. The van der Waals surface area contributed by atoms with Crippen molar-refractivity contribution in [3.8, 4) is 5.75 Å². The quantitative estimate of drug-likeness (QED) is 0.405. The first-order valence-electron chi connectivity index (χ1n) is 10.9. The molecule has 1 aliphatic rings. The average molecular weight is 535 g/mol. The van der Waals surface area contributed by atoms with Gasteiger partial charge in [0.15, 0.2) is 6.10 Å². The van der Waals surface area contributed by atoms with Crippen molar-refractivity contribution in [1.82, 2.24) is 5.32 Å². The molecule has 1 unspecified atom stereocenters. The highest BCUT2D eigenvalue weighted by molar-refractivity contribution is 7.98. The number of ether oxygens (including phenoxy) is 1. The van der Waals surface area contributed by atoms with Crippen molar-refractivity contribution in [3.05, 3.63) is 94.8 Å². The van der Waals surface area contributed by atoms with Crippen molar-refractivity contribution in [2.24, 2.45) is 0 Å². The molecule has 1 aliphatic heterocycles. The van der Waals surface area contributed by atoms with Crippen molar-refractivity contribution in [2.75, 3.05) is 23.1 Å². The fraction of sp³-hybridized carbons (Fsp3) is 0.240. The van der Waals surface area contributed by atoms with Crippen LogP contribution < -0.4 is 14.4 Å². The van der Waals surface area contributed by atoms with Gasteiger partial charge in [-0.2, -0.15) is 11.8 Å². The van der Waals surface area contributed by atoms with E-state index in [-0.39, 0.29) is 18.1 Å². The Labute approximate surface area is 213 Å². The minimum absolute atomic E-state index is 0.129. The van der Waals surface area contributed by atoms with E-state index in [0.717, 1.165) is 0 Å². The Bertz CT molecular complexity index is 1270. The van der Waals surface area contributed by atoms with Crippen LogP contribution in [0.15, 0.2) is 72.8 Å². The average Bonchev–Trinajstić information content (AvgIpc) is 2.85. The van der Waals surface area contributed by atoms with Gasteiger partial charge in [-0.05, 0) is 29.8 Å². The number of nitrogens with zero attached hydrogens (tertiary/aromatic N) is 1. The molecule has 0 fully saturated rings. The first-order valence-corrected chi connectivity index (χ1v) is 14.1. The van der Waals surface area contributed by atoms with Gasteiger partial charge in [-0.1, -0.05) is 60.1 Å². The van der Waals surface area contributed by atoms with E-state index in [9.17, 15) is 17.6 Å². The van der Waals surface area contributed by atoms with E-state index in [4.69, 9.17) is 16.3 Å². The summed E-state index contributed by atoms with van der Waals surface area (Å²) in [5.41, 5.74) is 1.49. The number of halogens is 2. The highest BCUT2D eigenvalue weighted by Crippen LogP contribution is 2.35. The Balaban J connectivity index is 1.38. The molecule has 6 nitrogen and oxygen atoms in total. The molecule has 0 spiro atoms. The van der Waals surface area contributed by atoms with E-state index < -0.39 is 22.0 Å². The van der Waals surface area contributed by atoms with Gasteiger partial charge in [-0.15, -0.1) is 0 Å². The molecule has 0 radical (unpaired) electrons. The first kappa shape index (κ1) is 25.3. The number of para-hydroxylation sites is 2. The molecule has 0 saturated heterocycles. The Morgan fingerprint density at radius 3 is 2.60 bits per heavy atom. The van der Waals surface area contributed by atoms with Crippen LogP contribution in [0, 0.1) is 5.82 Å². The molecule has 0 aromatic heterocycles. The maximum Gasteiger partial charge on any atom is 0.263 e. The van der Waals surface area contributed by atoms with Crippen LogP contribution in [0.5, 0.6) is 5.75 Å². The standard InChI is InChI=1S/C25H24ClFN2O4S2/c26-20-9-6-10-21(27)19(20)16-34-14-13-28-25(30)24-15-29(22-11-4-5-12-23(22)33-24)35(31,32)17-18-7-2-1-3-8-18/h1-12,24H,13-17H2,(H,28,30). The second-order valence-electron chi connectivity index (χ2n) is 7.89. The molecule has 10 heteroatoms. The maximum absolute atomic E-state index is 13.9. The Morgan fingerprint density at radius 1 is 1.09 bits per heavy atom. The van der Waals surface area contributed by atoms with Crippen LogP contribution in [0.3, 0.4) is 0 Å². The van der Waals surface area contributed by atoms with Crippen LogP contribution in [0.25, 0.3) is 0 Å². The fourth-order valence-corrected chi connectivity index (χ4v) is 6.45. The number of hydrogen-bond acceptors (Lipinski definition) is 5. The highest BCUT2D eigenvalue weighted by atomic mass is 35.5. The predicted molar refractivity (Wildman–Crippen MR) is 138 cm³/mol. The Hall–Kier alpha value is -2.75. The molecule has 0 aliphatic carbocycles. The van der Waals surface area contributed by atoms with Gasteiger partial charge in [0.1, 0.15) is 11.6 Å². The van der Waals surface area contributed by atoms with Crippen molar-refractivity contribution in [3.63, 3.8) is 0 Å². The van der Waals surface area contributed by atoms with Gasteiger partial charge in [0, 0.05) is 28.6 Å². The zero-order valence-electron chi connectivity index (χ0n) is 18.7. The van der Waals surface area contributed by atoms with Crippen LogP contribution >= 0.6 is 23.4 Å². The monoisotopic (exact) mass is 534 g/mol. The lowest BCUT2D eigenvalue weighted by atomic mass is 10.2. The molecule has 1 amide bonds. The summed E-state index contributed by atoms with van der Waals surface area (Å²) in [7, 11) is -3.76. The van der Waals surface area contributed by atoms with E-state index in [1.54, 1.807) is 60.7 Å². The maximum atomic E-state index is 13.9. The molecule has 1 heterocycles. The number of hydrogen-bond donors (Lipinski definition) is 1. The molecule has 0 saturated carbocycles. The summed E-state index contributed by atoms with van der Waals surface area (Å²) < 4.78 is 47.5. The normalized spacial score (nSPS) is 15.3. The molecule has 35 heavy (non-hydrogen) atoms. The first-order chi connectivity index (χ1) is 16.8. The van der Waals surface area contributed by atoms with Crippen LogP contribution in [-0.4, -0.2) is 39.3 Å². The Morgan fingerprint density at radius 2 is 1.83 bits per heavy atom. The number of nitrogens with one attached hydrogen (secondary N) is 1. The molecule has 1 atom stereocenters. The zero-order valence-corrected chi connectivity index (χ0v) is 21.1. The van der Waals surface area contributed by atoms with Gasteiger partial charge in [0.2, 0.25) is 10.0 Å². The fourth-order valence-electron chi connectivity index (χ4n) is 3.67. The van der Waals surface area contributed by atoms with E-state index >= 15 is 0 Å². The molecule has 3 aromatic rings. The number of carbonyl (C=O) groups excluding carboxylic acids is 1. The summed E-state index contributed by atoms with van der Waals surface area (Å²) in [5.74, 6) is 0.268. The number of benzene rings is 3. The van der Waals surface area contributed by atoms with E-state index in [0.29, 0.717) is 45.6 Å². The lowest BCUT2D eigenvalue weighted by molar-refractivity contribution is -0.127. The third-order valence-electron chi connectivity index (χ3n) is 5.41. The van der Waals surface area contributed by atoms with Gasteiger partial charge in [0.05, 0.1) is 18.0 Å². The SMILES string of the molecule is O=C(NCCSCc1c(F)cccc1Cl)C1CN(S(=O)(=O)Cc2ccccc2)c2ccccc2O1. The van der Waals surface area contributed by atoms with Gasteiger partial charge in [-0.3, -0.25) is 9.10 Å². The molecular formula is C25H24ClFN2O4S2. The van der Waals surface area contributed by atoms with E-state index in [1.165, 1.54) is 22.1 Å². The van der Waals surface area contributed by atoms with Crippen LogP contribution in [0.2, 0.25) is 5.02 Å². The van der Waals surface area contributed by atoms with Crippen molar-refractivity contribution in [1.29, 1.82) is 0 Å². The lowest BCUT2D eigenvalue weighted by Gasteiger charge is -2.34. The summed E-state index contributed by atoms with van der Waals surface area (Å²) >= 11 is 7.48. The number of carbonyl (C=O) groups is 1. The smallest absolute Gasteiger partial charge is 0.263 e. The van der Waals surface area contributed by atoms with Crippen molar-refractivity contribution in [2.45, 2.75) is 17.6 Å². The van der Waals surface area contributed by atoms with E-state index in [2.05, 4.69) is 5.32 Å². The molecule has 3 aromatic carbocycles. The third-order valence-corrected chi connectivity index (χ3v) is 8.46. The van der Waals surface area contributed by atoms with Gasteiger partial charge in [-0.25, -0.2) is 12.8 Å². The summed E-state index contributed by atoms with van der Waals surface area (Å²) in [4.78, 5) is 12.8. The molecule has 184 valence electrons. The number of thioether (sulfide) groups is 1. The number of sulfonamides is 1. The van der Waals surface area contributed by atoms with Crippen molar-refractivity contribution < 1.29 is 22.3 Å². The number of fused-ring (bicyclic) bond motifs is 1.